The Balaban J connectivity index is 1.45. The lowest BCUT2D eigenvalue weighted by molar-refractivity contribution is 0.144. The van der Waals surface area contributed by atoms with Gasteiger partial charge in [-0.3, -0.25) is 14.8 Å². The Morgan fingerprint density at radius 2 is 2.15 bits per heavy atom. The van der Waals surface area contributed by atoms with E-state index in [9.17, 15) is 4.79 Å². The minimum atomic E-state index is -0.269. The highest BCUT2D eigenvalue weighted by molar-refractivity contribution is 5.71. The second kappa shape index (κ2) is 6.92. The van der Waals surface area contributed by atoms with Crippen molar-refractivity contribution in [3.63, 3.8) is 0 Å². The predicted octanol–water partition coefficient (Wildman–Crippen LogP) is 2.08. The highest BCUT2D eigenvalue weighted by Gasteiger charge is 2.51. The van der Waals surface area contributed by atoms with Crippen LogP contribution in [0.3, 0.4) is 0 Å². The molecule has 136 valence electrons. The molecule has 1 atom stereocenters. The third-order valence-corrected chi connectivity index (χ3v) is 5.13. The zero-order valence-corrected chi connectivity index (χ0v) is 14.8. The van der Waals surface area contributed by atoms with Crippen molar-refractivity contribution < 1.29 is 14.3 Å². The molecule has 4 heterocycles. The molecule has 7 heteroatoms. The van der Waals surface area contributed by atoms with Gasteiger partial charge in [0, 0.05) is 38.1 Å². The van der Waals surface area contributed by atoms with Gasteiger partial charge in [-0.2, -0.15) is 0 Å². The van der Waals surface area contributed by atoms with Gasteiger partial charge in [0.15, 0.2) is 0 Å². The lowest BCUT2D eigenvalue weighted by atomic mass is 9.98. The predicted molar refractivity (Wildman–Crippen MR) is 94.5 cm³/mol. The van der Waals surface area contributed by atoms with E-state index < -0.39 is 0 Å². The Bertz CT molecular complexity index is 768. The van der Waals surface area contributed by atoms with Crippen LogP contribution in [0.4, 0.5) is 4.79 Å². The number of cyclic esters (lactones) is 1. The van der Waals surface area contributed by atoms with Crippen molar-refractivity contribution in [3.8, 4) is 5.88 Å². The summed E-state index contributed by atoms with van der Waals surface area (Å²) in [6.07, 6.45) is 4.24. The molecule has 0 aliphatic carbocycles. The number of methoxy groups -OCH3 is 1. The molecule has 0 saturated carbocycles. The standard InChI is InChI=1S/C19H22N4O3/c1-25-17-6-5-15(10-21-17)11-22-9-7-19(13-22)14-26-18(24)23(19)12-16-4-2-3-8-20-16/h2-6,8,10H,7,9,11-14H2,1H3. The van der Waals surface area contributed by atoms with Crippen LogP contribution in [0.1, 0.15) is 17.7 Å². The Morgan fingerprint density at radius 1 is 1.23 bits per heavy atom. The van der Waals surface area contributed by atoms with Crippen LogP contribution in [0, 0.1) is 0 Å². The zero-order chi connectivity index (χ0) is 18.0. The normalized spacial score (nSPS) is 22.8. The maximum absolute atomic E-state index is 12.3. The lowest BCUT2D eigenvalue weighted by Gasteiger charge is -2.31. The fraction of sp³-hybridized carbons (Fsp3) is 0.421. The highest BCUT2D eigenvalue weighted by atomic mass is 16.6. The molecule has 1 unspecified atom stereocenters. The van der Waals surface area contributed by atoms with Crippen LogP contribution in [0.5, 0.6) is 5.88 Å². The van der Waals surface area contributed by atoms with Gasteiger partial charge in [0.1, 0.15) is 6.61 Å². The summed E-state index contributed by atoms with van der Waals surface area (Å²) in [5.74, 6) is 0.614. The molecule has 7 nitrogen and oxygen atoms in total. The number of carbonyl (C=O) groups is 1. The topological polar surface area (TPSA) is 67.8 Å². The average molecular weight is 354 g/mol. The summed E-state index contributed by atoms with van der Waals surface area (Å²) >= 11 is 0. The SMILES string of the molecule is COc1ccc(CN2CCC3(COC(=O)N3Cc3ccccn3)C2)cn1. The van der Waals surface area contributed by atoms with Crippen LogP contribution in [0.25, 0.3) is 0 Å². The number of carbonyl (C=O) groups excluding carboxylic acids is 1. The number of likely N-dealkylation sites (tertiary alicyclic amines) is 1. The average Bonchev–Trinajstić information content (AvgIpc) is 3.22. The molecular formula is C19H22N4O3. The van der Waals surface area contributed by atoms with E-state index in [1.807, 2.05) is 41.4 Å². The van der Waals surface area contributed by atoms with Gasteiger partial charge in [0.05, 0.1) is 24.9 Å². The molecule has 2 fully saturated rings. The van der Waals surface area contributed by atoms with E-state index in [0.29, 0.717) is 19.0 Å². The fourth-order valence-electron chi connectivity index (χ4n) is 3.73. The number of ether oxygens (including phenoxy) is 2. The summed E-state index contributed by atoms with van der Waals surface area (Å²) in [6.45, 7) is 3.43. The van der Waals surface area contributed by atoms with Crippen molar-refractivity contribution in [2.45, 2.75) is 25.0 Å². The van der Waals surface area contributed by atoms with Crippen molar-refractivity contribution in [2.75, 3.05) is 26.8 Å². The fourth-order valence-corrected chi connectivity index (χ4v) is 3.73. The molecule has 2 aliphatic rings. The van der Waals surface area contributed by atoms with Crippen LogP contribution in [-0.2, 0) is 17.8 Å². The summed E-state index contributed by atoms with van der Waals surface area (Å²) in [4.78, 5) is 25.1. The van der Waals surface area contributed by atoms with Crippen molar-refractivity contribution in [2.24, 2.45) is 0 Å². The van der Waals surface area contributed by atoms with E-state index in [0.717, 1.165) is 37.3 Å². The van der Waals surface area contributed by atoms with Gasteiger partial charge < -0.3 is 9.47 Å². The van der Waals surface area contributed by atoms with E-state index >= 15 is 0 Å². The van der Waals surface area contributed by atoms with Crippen molar-refractivity contribution in [1.29, 1.82) is 0 Å². The monoisotopic (exact) mass is 354 g/mol. The van der Waals surface area contributed by atoms with Gasteiger partial charge >= 0.3 is 6.09 Å². The second-order valence-electron chi connectivity index (χ2n) is 6.86. The first-order valence-corrected chi connectivity index (χ1v) is 8.74. The van der Waals surface area contributed by atoms with Gasteiger partial charge in [-0.1, -0.05) is 12.1 Å². The molecule has 0 bridgehead atoms. The number of amides is 1. The van der Waals surface area contributed by atoms with Gasteiger partial charge in [-0.15, -0.1) is 0 Å². The van der Waals surface area contributed by atoms with Crippen molar-refractivity contribution in [3.05, 3.63) is 54.0 Å². The van der Waals surface area contributed by atoms with Crippen LogP contribution < -0.4 is 4.74 Å². The van der Waals surface area contributed by atoms with Gasteiger partial charge in [-0.25, -0.2) is 9.78 Å². The number of pyridine rings is 2. The minimum absolute atomic E-state index is 0.247. The number of hydrogen-bond donors (Lipinski definition) is 0. The van der Waals surface area contributed by atoms with Crippen LogP contribution in [0.15, 0.2) is 42.7 Å². The summed E-state index contributed by atoms with van der Waals surface area (Å²) in [5.41, 5.74) is 1.74. The molecule has 2 saturated heterocycles. The highest BCUT2D eigenvalue weighted by Crippen LogP contribution is 2.35. The summed E-state index contributed by atoms with van der Waals surface area (Å²) in [7, 11) is 1.61. The van der Waals surface area contributed by atoms with Gasteiger partial charge in [0.2, 0.25) is 5.88 Å². The van der Waals surface area contributed by atoms with E-state index in [2.05, 4.69) is 14.9 Å². The number of aromatic nitrogens is 2. The molecule has 0 N–H and O–H groups in total. The summed E-state index contributed by atoms with van der Waals surface area (Å²) in [6, 6.07) is 9.65. The van der Waals surface area contributed by atoms with Gasteiger partial charge in [0.25, 0.3) is 0 Å². The smallest absolute Gasteiger partial charge is 0.410 e. The maximum atomic E-state index is 12.3. The number of rotatable bonds is 5. The summed E-state index contributed by atoms with van der Waals surface area (Å²) in [5, 5.41) is 0. The third kappa shape index (κ3) is 3.22. The Morgan fingerprint density at radius 3 is 2.88 bits per heavy atom. The largest absolute Gasteiger partial charge is 0.481 e. The van der Waals surface area contributed by atoms with Crippen LogP contribution >= 0.6 is 0 Å². The molecule has 0 aromatic carbocycles. The lowest BCUT2D eigenvalue weighted by Crippen LogP contribution is -2.48. The molecule has 2 aromatic heterocycles. The first-order valence-electron chi connectivity index (χ1n) is 8.74. The number of nitrogens with zero attached hydrogens (tertiary/aromatic N) is 4. The van der Waals surface area contributed by atoms with E-state index in [1.165, 1.54) is 0 Å². The molecule has 1 spiro atoms. The molecule has 4 rings (SSSR count). The van der Waals surface area contributed by atoms with Gasteiger partial charge in [-0.05, 0) is 24.1 Å². The molecule has 26 heavy (non-hydrogen) atoms. The minimum Gasteiger partial charge on any atom is -0.481 e. The van der Waals surface area contributed by atoms with Crippen molar-refractivity contribution in [1.82, 2.24) is 19.8 Å². The zero-order valence-electron chi connectivity index (χ0n) is 14.8. The molecule has 2 aliphatic heterocycles. The Kier molecular flexibility index (Phi) is 4.46. The first kappa shape index (κ1) is 16.8. The molecule has 2 aromatic rings. The number of hydrogen-bond acceptors (Lipinski definition) is 6. The summed E-state index contributed by atoms with van der Waals surface area (Å²) < 4.78 is 10.5. The van der Waals surface area contributed by atoms with Crippen LogP contribution in [0.2, 0.25) is 0 Å². The molecular weight excluding hydrogens is 332 g/mol. The molecule has 1 amide bonds. The molecule has 0 radical (unpaired) electrons. The van der Waals surface area contributed by atoms with Crippen LogP contribution in [-0.4, -0.2) is 58.2 Å². The first-order chi connectivity index (χ1) is 12.7. The maximum Gasteiger partial charge on any atom is 0.410 e. The van der Waals surface area contributed by atoms with Crippen molar-refractivity contribution >= 4 is 6.09 Å². The van der Waals surface area contributed by atoms with E-state index in [-0.39, 0.29) is 11.6 Å². The quantitative estimate of drug-likeness (QED) is 0.819. The van der Waals surface area contributed by atoms with E-state index in [1.54, 1.807) is 13.3 Å². The third-order valence-electron chi connectivity index (χ3n) is 5.13. The van der Waals surface area contributed by atoms with E-state index in [4.69, 9.17) is 9.47 Å². The Labute approximate surface area is 152 Å². The second-order valence-corrected chi connectivity index (χ2v) is 6.86. The Hall–Kier alpha value is -2.67.